The Labute approximate surface area is 130 Å². The summed E-state index contributed by atoms with van der Waals surface area (Å²) in [6.45, 7) is 2.48. The molecule has 5 nitrogen and oxygen atoms in total. The number of carboxylic acid groups (broad SMARTS) is 1. The van der Waals surface area contributed by atoms with Crippen molar-refractivity contribution >= 4 is 33.7 Å². The van der Waals surface area contributed by atoms with Crippen LogP contribution in [0.25, 0.3) is 6.08 Å². The number of carbonyl (C=O) groups is 1. The van der Waals surface area contributed by atoms with E-state index in [4.69, 9.17) is 5.11 Å². The third kappa shape index (κ3) is 3.00. The molecule has 0 saturated heterocycles. The highest BCUT2D eigenvalue weighted by atomic mass is 79.9. The van der Waals surface area contributed by atoms with Gasteiger partial charge in [-0.05, 0) is 29.8 Å². The smallest absolute Gasteiger partial charge is 0.328 e. The molecule has 0 aliphatic carbocycles. The number of halogens is 1. The summed E-state index contributed by atoms with van der Waals surface area (Å²) in [5, 5.41) is 8.82. The summed E-state index contributed by atoms with van der Waals surface area (Å²) in [5.74, 6) is 0.0763. The van der Waals surface area contributed by atoms with Crippen molar-refractivity contribution in [1.29, 1.82) is 0 Å². The molecular formula is C15H14BrN3O2. The maximum atomic E-state index is 10.7. The van der Waals surface area contributed by atoms with Gasteiger partial charge in [-0.3, -0.25) is 0 Å². The number of benzene rings is 1. The zero-order chi connectivity index (χ0) is 14.8. The molecule has 1 aliphatic rings. The van der Waals surface area contributed by atoms with Crippen molar-refractivity contribution in [3.8, 4) is 0 Å². The SMILES string of the molecule is O=C(O)/C=C/c1cc(Br)ccc1N1CCn2ccnc2C1. The first kappa shape index (κ1) is 13.9. The van der Waals surface area contributed by atoms with Gasteiger partial charge in [0.05, 0.1) is 6.54 Å². The Balaban J connectivity index is 1.93. The number of nitrogens with zero attached hydrogens (tertiary/aromatic N) is 3. The van der Waals surface area contributed by atoms with Crippen molar-refractivity contribution in [1.82, 2.24) is 9.55 Å². The quantitative estimate of drug-likeness (QED) is 0.867. The van der Waals surface area contributed by atoms with Crippen LogP contribution >= 0.6 is 15.9 Å². The fraction of sp³-hybridized carbons (Fsp3) is 0.200. The Bertz CT molecular complexity index is 709. The van der Waals surface area contributed by atoms with E-state index in [-0.39, 0.29) is 0 Å². The lowest BCUT2D eigenvalue weighted by atomic mass is 10.1. The average Bonchev–Trinajstić information content (AvgIpc) is 2.92. The molecule has 2 heterocycles. The fourth-order valence-corrected chi connectivity index (χ4v) is 2.87. The predicted octanol–water partition coefficient (Wildman–Crippen LogP) is 2.76. The Morgan fingerprint density at radius 2 is 2.24 bits per heavy atom. The van der Waals surface area contributed by atoms with Crippen molar-refractivity contribution in [2.24, 2.45) is 0 Å². The average molecular weight is 348 g/mol. The van der Waals surface area contributed by atoms with Crippen LogP contribution in [-0.4, -0.2) is 27.2 Å². The van der Waals surface area contributed by atoms with Crippen molar-refractivity contribution in [3.05, 3.63) is 52.5 Å². The van der Waals surface area contributed by atoms with Crippen LogP contribution in [0, 0.1) is 0 Å². The first-order valence-electron chi connectivity index (χ1n) is 6.59. The molecule has 0 amide bonds. The number of hydrogen-bond donors (Lipinski definition) is 1. The van der Waals surface area contributed by atoms with Crippen molar-refractivity contribution in [2.75, 3.05) is 11.4 Å². The van der Waals surface area contributed by atoms with Crippen LogP contribution in [0.3, 0.4) is 0 Å². The van der Waals surface area contributed by atoms with Gasteiger partial charge in [0.1, 0.15) is 5.82 Å². The molecular weight excluding hydrogens is 334 g/mol. The van der Waals surface area contributed by atoms with Crippen molar-refractivity contribution < 1.29 is 9.90 Å². The van der Waals surface area contributed by atoms with Crippen LogP contribution in [0.4, 0.5) is 5.69 Å². The molecule has 0 bridgehead atoms. The highest BCUT2D eigenvalue weighted by molar-refractivity contribution is 9.10. The number of rotatable bonds is 3. The molecule has 2 aromatic rings. The molecule has 1 aliphatic heterocycles. The second-order valence-corrected chi connectivity index (χ2v) is 5.75. The first-order valence-corrected chi connectivity index (χ1v) is 7.38. The molecule has 6 heteroatoms. The summed E-state index contributed by atoms with van der Waals surface area (Å²) in [6, 6.07) is 5.90. The number of imidazole rings is 1. The summed E-state index contributed by atoms with van der Waals surface area (Å²) in [5.41, 5.74) is 1.90. The van der Waals surface area contributed by atoms with Gasteiger partial charge in [0.25, 0.3) is 0 Å². The molecule has 21 heavy (non-hydrogen) atoms. The van der Waals surface area contributed by atoms with Crippen LogP contribution < -0.4 is 4.90 Å². The number of carboxylic acids is 1. The number of anilines is 1. The third-order valence-electron chi connectivity index (χ3n) is 3.48. The van der Waals surface area contributed by atoms with E-state index >= 15 is 0 Å². The van der Waals surface area contributed by atoms with Gasteiger partial charge in [-0.1, -0.05) is 15.9 Å². The fourth-order valence-electron chi connectivity index (χ4n) is 2.49. The second kappa shape index (κ2) is 5.73. The number of hydrogen-bond acceptors (Lipinski definition) is 3. The van der Waals surface area contributed by atoms with Gasteiger partial charge in [-0.2, -0.15) is 0 Å². The topological polar surface area (TPSA) is 58.4 Å². The van der Waals surface area contributed by atoms with Gasteiger partial charge in [-0.25, -0.2) is 9.78 Å². The molecule has 0 unspecified atom stereocenters. The molecule has 3 rings (SSSR count). The zero-order valence-electron chi connectivity index (χ0n) is 11.2. The van der Waals surface area contributed by atoms with E-state index in [2.05, 4.69) is 30.4 Å². The molecule has 0 radical (unpaired) electrons. The minimum atomic E-state index is -0.949. The highest BCUT2D eigenvalue weighted by Gasteiger charge is 2.18. The van der Waals surface area contributed by atoms with Crippen LogP contribution in [0.5, 0.6) is 0 Å². The molecule has 0 saturated carbocycles. The normalized spacial score (nSPS) is 14.4. The maximum Gasteiger partial charge on any atom is 0.328 e. The molecule has 0 atom stereocenters. The zero-order valence-corrected chi connectivity index (χ0v) is 12.8. The Hall–Kier alpha value is -2.08. The van der Waals surface area contributed by atoms with Crippen LogP contribution in [0.15, 0.2) is 41.1 Å². The Morgan fingerprint density at radius 3 is 3.05 bits per heavy atom. The van der Waals surface area contributed by atoms with Crippen molar-refractivity contribution in [2.45, 2.75) is 13.1 Å². The largest absolute Gasteiger partial charge is 0.478 e. The minimum absolute atomic E-state index is 0.725. The van der Waals surface area contributed by atoms with Gasteiger partial charge in [0.2, 0.25) is 0 Å². The summed E-state index contributed by atoms with van der Waals surface area (Å²) < 4.78 is 3.07. The van der Waals surface area contributed by atoms with Gasteiger partial charge in [0.15, 0.2) is 0 Å². The van der Waals surface area contributed by atoms with Crippen molar-refractivity contribution in [3.63, 3.8) is 0 Å². The molecule has 1 aromatic heterocycles. The monoisotopic (exact) mass is 347 g/mol. The van der Waals surface area contributed by atoms with Gasteiger partial charge in [-0.15, -0.1) is 0 Å². The third-order valence-corrected chi connectivity index (χ3v) is 3.97. The van der Waals surface area contributed by atoms with E-state index in [0.29, 0.717) is 0 Å². The summed E-state index contributed by atoms with van der Waals surface area (Å²) in [6.07, 6.45) is 6.59. The highest BCUT2D eigenvalue weighted by Crippen LogP contribution is 2.28. The Kier molecular flexibility index (Phi) is 3.79. The van der Waals surface area contributed by atoms with E-state index in [1.165, 1.54) is 0 Å². The Morgan fingerprint density at radius 1 is 1.38 bits per heavy atom. The lowest BCUT2D eigenvalue weighted by Crippen LogP contribution is -2.34. The van der Waals surface area contributed by atoms with E-state index in [9.17, 15) is 4.79 Å². The maximum absolute atomic E-state index is 10.7. The minimum Gasteiger partial charge on any atom is -0.478 e. The molecule has 108 valence electrons. The summed E-state index contributed by atoms with van der Waals surface area (Å²) in [7, 11) is 0. The van der Waals surface area contributed by atoms with E-state index in [1.54, 1.807) is 6.08 Å². The van der Waals surface area contributed by atoms with Crippen LogP contribution in [0.1, 0.15) is 11.4 Å². The molecule has 0 fully saturated rings. The second-order valence-electron chi connectivity index (χ2n) is 4.83. The van der Waals surface area contributed by atoms with Gasteiger partial charge < -0.3 is 14.6 Å². The number of aliphatic carboxylic acids is 1. The van der Waals surface area contributed by atoms with E-state index < -0.39 is 5.97 Å². The molecule has 1 aromatic carbocycles. The number of aromatic nitrogens is 2. The van der Waals surface area contributed by atoms with Crippen LogP contribution in [0.2, 0.25) is 0 Å². The summed E-state index contributed by atoms with van der Waals surface area (Å²) in [4.78, 5) is 17.3. The van der Waals surface area contributed by atoms with Gasteiger partial charge >= 0.3 is 5.97 Å². The van der Waals surface area contributed by atoms with Crippen LogP contribution in [-0.2, 0) is 17.9 Å². The summed E-state index contributed by atoms with van der Waals surface area (Å²) >= 11 is 3.43. The van der Waals surface area contributed by atoms with E-state index in [1.807, 2.05) is 30.6 Å². The number of fused-ring (bicyclic) bond motifs is 1. The first-order chi connectivity index (χ1) is 10.1. The van der Waals surface area contributed by atoms with Gasteiger partial charge in [0, 0.05) is 41.7 Å². The molecule has 0 spiro atoms. The standard InChI is InChI=1S/C15H14BrN3O2/c16-12-2-3-13(11(9-12)1-4-15(20)21)19-8-7-18-6-5-17-14(18)10-19/h1-6,9H,7-8,10H2,(H,20,21)/b4-1+. The molecule has 1 N–H and O–H groups in total. The predicted molar refractivity (Wildman–Crippen MR) is 84.1 cm³/mol. The lowest BCUT2D eigenvalue weighted by Gasteiger charge is -2.30. The van der Waals surface area contributed by atoms with E-state index in [0.717, 1.165) is 47.3 Å². The lowest BCUT2D eigenvalue weighted by molar-refractivity contribution is -0.131.